The molecule has 1 heterocycles. The summed E-state index contributed by atoms with van der Waals surface area (Å²) in [5.41, 5.74) is 2.61. The van der Waals surface area contributed by atoms with Crippen molar-refractivity contribution >= 4 is 5.95 Å². The Hall–Kier alpha value is -1.81. The highest BCUT2D eigenvalue weighted by molar-refractivity contribution is 5.43. The van der Waals surface area contributed by atoms with Crippen LogP contribution in [0.3, 0.4) is 0 Å². The van der Waals surface area contributed by atoms with Crippen molar-refractivity contribution in [3.05, 3.63) is 42.2 Å². The molecule has 20 heavy (non-hydrogen) atoms. The van der Waals surface area contributed by atoms with Gasteiger partial charge in [-0.1, -0.05) is 32.9 Å². The van der Waals surface area contributed by atoms with E-state index in [2.05, 4.69) is 55.3 Å². The van der Waals surface area contributed by atoms with Crippen LogP contribution in [-0.4, -0.2) is 29.8 Å². The van der Waals surface area contributed by atoms with Crippen molar-refractivity contribution in [3.63, 3.8) is 0 Å². The third-order valence-corrected chi connectivity index (χ3v) is 3.24. The Labute approximate surface area is 120 Å². The fourth-order valence-electron chi connectivity index (χ4n) is 2.03. The van der Waals surface area contributed by atoms with E-state index in [1.165, 1.54) is 5.56 Å². The summed E-state index contributed by atoms with van der Waals surface area (Å²) >= 11 is 0. The van der Waals surface area contributed by atoms with Crippen LogP contribution >= 0.6 is 0 Å². The van der Waals surface area contributed by atoms with E-state index in [1.54, 1.807) is 13.3 Å². The van der Waals surface area contributed by atoms with Gasteiger partial charge in [0.05, 0.1) is 6.61 Å². The Balaban J connectivity index is 2.18. The third-order valence-electron chi connectivity index (χ3n) is 3.24. The second-order valence-electron chi connectivity index (χ2n) is 5.84. The molecule has 1 N–H and O–H groups in total. The Morgan fingerprint density at radius 1 is 1.20 bits per heavy atom. The Kier molecular flexibility index (Phi) is 4.45. The highest BCUT2D eigenvalue weighted by Crippen LogP contribution is 2.24. The summed E-state index contributed by atoms with van der Waals surface area (Å²) in [5, 5.41) is 3.26. The lowest BCUT2D eigenvalue weighted by molar-refractivity contribution is 0.210. The fraction of sp³-hybridized carbons (Fsp3) is 0.438. The molecule has 108 valence electrons. The highest BCUT2D eigenvalue weighted by atomic mass is 16.5. The maximum atomic E-state index is 5.04. The number of ether oxygens (including phenoxy) is 1. The summed E-state index contributed by atoms with van der Waals surface area (Å²) in [7, 11) is 1.69. The van der Waals surface area contributed by atoms with Crippen LogP contribution in [0.1, 0.15) is 26.3 Å². The van der Waals surface area contributed by atoms with Gasteiger partial charge in [0.25, 0.3) is 0 Å². The molecule has 4 heteroatoms. The molecule has 0 unspecified atom stereocenters. The number of methoxy groups -OCH3 is 1. The van der Waals surface area contributed by atoms with Crippen LogP contribution in [-0.2, 0) is 10.2 Å². The fourth-order valence-corrected chi connectivity index (χ4v) is 2.03. The van der Waals surface area contributed by atoms with E-state index in [4.69, 9.17) is 4.74 Å². The average molecular weight is 273 g/mol. The van der Waals surface area contributed by atoms with Gasteiger partial charge >= 0.3 is 0 Å². The Bertz CT molecular complexity index is 538. The lowest BCUT2D eigenvalue weighted by atomic mass is 9.87. The number of hydrogen-bond donors (Lipinski definition) is 1. The van der Waals surface area contributed by atoms with Crippen LogP contribution < -0.4 is 5.32 Å². The minimum absolute atomic E-state index is 0.174. The van der Waals surface area contributed by atoms with Crippen LogP contribution in [0.25, 0.3) is 5.69 Å². The van der Waals surface area contributed by atoms with Crippen molar-refractivity contribution in [1.82, 2.24) is 9.55 Å². The standard InChI is InChI=1S/C16H23N3O/c1-16(2,3)13-5-7-14(8-6-13)19-11-9-17-15(19)18-10-12-20-4/h5-9,11H,10,12H2,1-4H3,(H,17,18). The molecule has 0 saturated carbocycles. The van der Waals surface area contributed by atoms with E-state index in [0.717, 1.165) is 18.2 Å². The Morgan fingerprint density at radius 2 is 1.90 bits per heavy atom. The summed E-state index contributed by atoms with van der Waals surface area (Å²) in [5.74, 6) is 0.838. The van der Waals surface area contributed by atoms with Crippen molar-refractivity contribution in [2.24, 2.45) is 0 Å². The topological polar surface area (TPSA) is 39.1 Å². The number of imidazole rings is 1. The quantitative estimate of drug-likeness (QED) is 0.850. The Morgan fingerprint density at radius 3 is 2.50 bits per heavy atom. The number of nitrogens with zero attached hydrogens (tertiary/aromatic N) is 2. The molecule has 0 atom stereocenters. The number of aromatic nitrogens is 2. The maximum absolute atomic E-state index is 5.04. The van der Waals surface area contributed by atoms with Gasteiger partial charge in [-0.05, 0) is 23.1 Å². The zero-order valence-corrected chi connectivity index (χ0v) is 12.7. The lowest BCUT2D eigenvalue weighted by Gasteiger charge is -2.19. The first-order chi connectivity index (χ1) is 9.52. The normalized spacial score (nSPS) is 11.6. The number of benzene rings is 1. The summed E-state index contributed by atoms with van der Waals surface area (Å²) in [6.45, 7) is 8.06. The molecule has 4 nitrogen and oxygen atoms in total. The summed E-state index contributed by atoms with van der Waals surface area (Å²) in [6.07, 6.45) is 3.76. The average Bonchev–Trinajstić information content (AvgIpc) is 2.87. The molecule has 0 bridgehead atoms. The first-order valence-electron chi connectivity index (χ1n) is 6.89. The van der Waals surface area contributed by atoms with E-state index in [-0.39, 0.29) is 5.41 Å². The molecular formula is C16H23N3O. The van der Waals surface area contributed by atoms with Gasteiger partial charge in [0.15, 0.2) is 0 Å². The smallest absolute Gasteiger partial charge is 0.207 e. The summed E-state index contributed by atoms with van der Waals surface area (Å²) < 4.78 is 7.08. The molecule has 0 amide bonds. The zero-order chi connectivity index (χ0) is 14.6. The van der Waals surface area contributed by atoms with Gasteiger partial charge in [-0.25, -0.2) is 4.98 Å². The highest BCUT2D eigenvalue weighted by Gasteiger charge is 2.13. The van der Waals surface area contributed by atoms with E-state index in [1.807, 2.05) is 10.8 Å². The van der Waals surface area contributed by atoms with E-state index in [0.29, 0.717) is 6.61 Å². The molecule has 2 rings (SSSR count). The van der Waals surface area contributed by atoms with Crippen molar-refractivity contribution < 1.29 is 4.74 Å². The van der Waals surface area contributed by atoms with Crippen molar-refractivity contribution in [2.75, 3.05) is 25.6 Å². The van der Waals surface area contributed by atoms with E-state index < -0.39 is 0 Å². The van der Waals surface area contributed by atoms with Gasteiger partial charge in [-0.15, -0.1) is 0 Å². The molecular weight excluding hydrogens is 250 g/mol. The summed E-state index contributed by atoms with van der Waals surface area (Å²) in [4.78, 5) is 4.33. The van der Waals surface area contributed by atoms with Crippen LogP contribution in [0.5, 0.6) is 0 Å². The number of hydrogen-bond acceptors (Lipinski definition) is 3. The van der Waals surface area contributed by atoms with Crippen molar-refractivity contribution in [1.29, 1.82) is 0 Å². The zero-order valence-electron chi connectivity index (χ0n) is 12.7. The van der Waals surface area contributed by atoms with Gasteiger partial charge in [-0.3, -0.25) is 4.57 Å². The lowest BCUT2D eigenvalue weighted by Crippen LogP contribution is -2.12. The van der Waals surface area contributed by atoms with Gasteiger partial charge in [-0.2, -0.15) is 0 Å². The van der Waals surface area contributed by atoms with Crippen LogP contribution in [0.2, 0.25) is 0 Å². The molecule has 0 aliphatic carbocycles. The molecule has 0 aliphatic heterocycles. The number of nitrogens with one attached hydrogen (secondary N) is 1. The van der Waals surface area contributed by atoms with Gasteiger partial charge in [0, 0.05) is 31.7 Å². The number of anilines is 1. The molecule has 0 fully saturated rings. The number of rotatable bonds is 5. The second kappa shape index (κ2) is 6.09. The predicted molar refractivity (Wildman–Crippen MR) is 82.6 cm³/mol. The van der Waals surface area contributed by atoms with Gasteiger partial charge < -0.3 is 10.1 Å². The van der Waals surface area contributed by atoms with Gasteiger partial charge in [0.1, 0.15) is 0 Å². The predicted octanol–water partition coefficient (Wildman–Crippen LogP) is 3.23. The summed E-state index contributed by atoms with van der Waals surface area (Å²) in [6, 6.07) is 8.61. The minimum atomic E-state index is 0.174. The third kappa shape index (κ3) is 3.39. The molecule has 0 aliphatic rings. The molecule has 0 spiro atoms. The van der Waals surface area contributed by atoms with Crippen LogP contribution in [0, 0.1) is 0 Å². The molecule has 2 aromatic rings. The first-order valence-corrected chi connectivity index (χ1v) is 6.89. The minimum Gasteiger partial charge on any atom is -0.383 e. The largest absolute Gasteiger partial charge is 0.383 e. The molecule has 1 aromatic carbocycles. The van der Waals surface area contributed by atoms with Crippen molar-refractivity contribution in [2.45, 2.75) is 26.2 Å². The van der Waals surface area contributed by atoms with E-state index in [9.17, 15) is 0 Å². The van der Waals surface area contributed by atoms with Crippen LogP contribution in [0.15, 0.2) is 36.7 Å². The molecule has 0 radical (unpaired) electrons. The van der Waals surface area contributed by atoms with Crippen molar-refractivity contribution in [3.8, 4) is 5.69 Å². The SMILES string of the molecule is COCCNc1nccn1-c1ccc(C(C)(C)C)cc1. The van der Waals surface area contributed by atoms with Crippen LogP contribution in [0.4, 0.5) is 5.95 Å². The first kappa shape index (κ1) is 14.6. The molecule has 1 aromatic heterocycles. The molecule has 0 saturated heterocycles. The maximum Gasteiger partial charge on any atom is 0.207 e. The second-order valence-corrected chi connectivity index (χ2v) is 5.84. The monoisotopic (exact) mass is 273 g/mol. The van der Waals surface area contributed by atoms with Gasteiger partial charge in [0.2, 0.25) is 5.95 Å². The van der Waals surface area contributed by atoms with E-state index >= 15 is 0 Å².